The van der Waals surface area contributed by atoms with Gasteiger partial charge in [-0.3, -0.25) is 19.7 Å². The second kappa shape index (κ2) is 8.49. The third-order valence-corrected chi connectivity index (χ3v) is 4.87. The van der Waals surface area contributed by atoms with Gasteiger partial charge in [0.15, 0.2) is 5.69 Å². The van der Waals surface area contributed by atoms with Gasteiger partial charge >= 0.3 is 0 Å². The van der Waals surface area contributed by atoms with Crippen LogP contribution in [0.15, 0.2) is 35.1 Å². The van der Waals surface area contributed by atoms with E-state index in [-0.39, 0.29) is 41.4 Å². The Balaban J connectivity index is 0.00000280. The number of nitrogens with zero attached hydrogens (tertiary/aromatic N) is 4. The molecule has 0 saturated carbocycles. The van der Waals surface area contributed by atoms with Crippen LogP contribution in [0.1, 0.15) is 29.5 Å². The van der Waals surface area contributed by atoms with Crippen LogP contribution in [0.25, 0.3) is 5.69 Å². The number of halogens is 1. The predicted octanol–water partition coefficient (Wildman–Crippen LogP) is 1.68. The largest absolute Gasteiger partial charge is 0.334 e. The molecular formula is C18H22ClN5O4. The molecule has 150 valence electrons. The lowest BCUT2D eigenvalue weighted by atomic mass is 10.1. The van der Waals surface area contributed by atoms with E-state index >= 15 is 0 Å². The predicted molar refractivity (Wildman–Crippen MR) is 106 cm³/mol. The Morgan fingerprint density at radius 1 is 1.39 bits per heavy atom. The number of hydrogen-bond donors (Lipinski definition) is 1. The molecule has 2 unspecified atom stereocenters. The van der Waals surface area contributed by atoms with E-state index in [1.165, 1.54) is 22.9 Å². The lowest BCUT2D eigenvalue weighted by Gasteiger charge is -2.21. The Morgan fingerprint density at radius 2 is 2.07 bits per heavy atom. The average Bonchev–Trinajstić information content (AvgIpc) is 3.02. The molecule has 2 heterocycles. The lowest BCUT2D eigenvalue weighted by molar-refractivity contribution is -0.384. The van der Waals surface area contributed by atoms with Crippen LogP contribution in [-0.4, -0.2) is 44.6 Å². The van der Waals surface area contributed by atoms with Crippen LogP contribution in [0.2, 0.25) is 0 Å². The zero-order valence-electron chi connectivity index (χ0n) is 15.6. The molecule has 28 heavy (non-hydrogen) atoms. The van der Waals surface area contributed by atoms with Gasteiger partial charge in [-0.15, -0.1) is 12.4 Å². The molecule has 2 aromatic rings. The molecule has 1 amide bonds. The van der Waals surface area contributed by atoms with Crippen molar-refractivity contribution in [2.24, 2.45) is 11.7 Å². The first kappa shape index (κ1) is 21.5. The first-order chi connectivity index (χ1) is 12.8. The van der Waals surface area contributed by atoms with Gasteiger partial charge in [0.1, 0.15) is 5.69 Å². The number of nitrogens with two attached hydrogens (primary N) is 1. The fraction of sp³-hybridized carbons (Fsp3) is 0.389. The van der Waals surface area contributed by atoms with Crippen LogP contribution in [0.5, 0.6) is 0 Å². The van der Waals surface area contributed by atoms with Crippen molar-refractivity contribution in [3.8, 4) is 5.69 Å². The number of nitro groups is 1. The van der Waals surface area contributed by atoms with Crippen LogP contribution in [0.4, 0.5) is 5.69 Å². The molecule has 1 fully saturated rings. The number of carbonyl (C=O) groups excluding carboxylic acids is 1. The quantitative estimate of drug-likeness (QED) is 0.607. The molecule has 2 atom stereocenters. The number of rotatable bonds is 4. The number of carbonyl (C=O) groups is 1. The average molecular weight is 408 g/mol. The summed E-state index contributed by atoms with van der Waals surface area (Å²) >= 11 is 0. The number of nitro benzene ring substituents is 1. The van der Waals surface area contributed by atoms with E-state index in [9.17, 15) is 19.7 Å². The standard InChI is InChI=1S/C18H21N5O4.ClH/c1-11-7-13(9-19)10-21(11)18(25)17-16(24)8-12(2)22(20-17)14-5-3-4-6-15(14)23(26)27;/h3-6,8,11,13H,7,9-10,19H2,1-2H3;1H. The summed E-state index contributed by atoms with van der Waals surface area (Å²) in [6, 6.07) is 7.29. The van der Waals surface area contributed by atoms with Gasteiger partial charge in [-0.1, -0.05) is 12.1 Å². The number of benzene rings is 1. The summed E-state index contributed by atoms with van der Waals surface area (Å²) in [7, 11) is 0. The van der Waals surface area contributed by atoms with Gasteiger partial charge in [0.25, 0.3) is 11.6 Å². The number of hydrogen-bond acceptors (Lipinski definition) is 6. The third kappa shape index (κ3) is 3.90. The van der Waals surface area contributed by atoms with Crippen molar-refractivity contribution < 1.29 is 9.72 Å². The first-order valence-corrected chi connectivity index (χ1v) is 8.69. The van der Waals surface area contributed by atoms with Gasteiger partial charge in [0.05, 0.1) is 4.92 Å². The van der Waals surface area contributed by atoms with Crippen molar-refractivity contribution in [1.82, 2.24) is 14.7 Å². The Labute approximate surface area is 167 Å². The summed E-state index contributed by atoms with van der Waals surface area (Å²) in [6.07, 6.45) is 0.770. The molecule has 1 aromatic heterocycles. The zero-order valence-corrected chi connectivity index (χ0v) is 16.4. The molecule has 9 nitrogen and oxygen atoms in total. The maximum atomic E-state index is 12.9. The topological polar surface area (TPSA) is 124 Å². The summed E-state index contributed by atoms with van der Waals surface area (Å²) in [5.74, 6) is -0.289. The van der Waals surface area contributed by atoms with Gasteiger partial charge in [0.2, 0.25) is 5.43 Å². The van der Waals surface area contributed by atoms with E-state index < -0.39 is 16.3 Å². The summed E-state index contributed by atoms with van der Waals surface area (Å²) in [5.41, 5.74) is 5.40. The fourth-order valence-corrected chi connectivity index (χ4v) is 3.47. The molecule has 0 radical (unpaired) electrons. The minimum absolute atomic E-state index is 0. The van der Waals surface area contributed by atoms with E-state index in [0.717, 1.165) is 6.42 Å². The van der Waals surface area contributed by atoms with E-state index in [1.54, 1.807) is 24.0 Å². The van der Waals surface area contributed by atoms with Crippen LogP contribution >= 0.6 is 12.4 Å². The smallest absolute Gasteiger partial charge is 0.294 e. The van der Waals surface area contributed by atoms with E-state index in [2.05, 4.69) is 5.10 Å². The van der Waals surface area contributed by atoms with Crippen LogP contribution in [-0.2, 0) is 0 Å². The molecule has 3 rings (SSSR count). The minimum Gasteiger partial charge on any atom is -0.334 e. The van der Waals surface area contributed by atoms with E-state index in [1.807, 2.05) is 6.92 Å². The Kier molecular flexibility index (Phi) is 6.52. The van der Waals surface area contributed by atoms with Crippen LogP contribution in [0, 0.1) is 23.0 Å². The second-order valence-electron chi connectivity index (χ2n) is 6.80. The number of aryl methyl sites for hydroxylation is 1. The molecule has 1 aromatic carbocycles. The van der Waals surface area contributed by atoms with Crippen molar-refractivity contribution in [1.29, 1.82) is 0 Å². The Morgan fingerprint density at radius 3 is 2.68 bits per heavy atom. The van der Waals surface area contributed by atoms with Crippen molar-refractivity contribution in [2.45, 2.75) is 26.3 Å². The van der Waals surface area contributed by atoms with E-state index in [4.69, 9.17) is 5.73 Å². The molecular weight excluding hydrogens is 386 g/mol. The van der Waals surface area contributed by atoms with Crippen LogP contribution in [0.3, 0.4) is 0 Å². The monoisotopic (exact) mass is 407 g/mol. The van der Waals surface area contributed by atoms with Crippen molar-refractivity contribution in [2.75, 3.05) is 13.1 Å². The maximum absolute atomic E-state index is 12.9. The van der Waals surface area contributed by atoms with Crippen molar-refractivity contribution in [3.05, 3.63) is 62.1 Å². The molecule has 0 bridgehead atoms. The number of aromatic nitrogens is 2. The molecule has 10 heteroatoms. The first-order valence-electron chi connectivity index (χ1n) is 8.69. The number of amides is 1. The SMILES string of the molecule is Cc1cc(=O)c(C(=O)N2CC(CN)CC2C)nn1-c1ccccc1[N+](=O)[O-].Cl. The molecule has 1 aliphatic heterocycles. The fourth-order valence-electron chi connectivity index (χ4n) is 3.47. The van der Waals surface area contributed by atoms with Gasteiger partial charge in [-0.25, -0.2) is 4.68 Å². The number of likely N-dealkylation sites (tertiary alicyclic amines) is 1. The van der Waals surface area contributed by atoms with Gasteiger partial charge in [0, 0.05) is 30.4 Å². The highest BCUT2D eigenvalue weighted by Crippen LogP contribution is 2.25. The molecule has 1 aliphatic rings. The maximum Gasteiger partial charge on any atom is 0.294 e. The van der Waals surface area contributed by atoms with Gasteiger partial charge in [-0.05, 0) is 38.8 Å². The highest BCUT2D eigenvalue weighted by Gasteiger charge is 2.34. The Bertz CT molecular complexity index is 961. The molecule has 1 saturated heterocycles. The number of para-hydroxylation sites is 2. The zero-order chi connectivity index (χ0) is 19.7. The Hall–Kier alpha value is -2.78. The van der Waals surface area contributed by atoms with E-state index in [0.29, 0.717) is 18.8 Å². The summed E-state index contributed by atoms with van der Waals surface area (Å²) in [4.78, 5) is 37.7. The summed E-state index contributed by atoms with van der Waals surface area (Å²) in [6.45, 7) is 4.46. The lowest BCUT2D eigenvalue weighted by Crippen LogP contribution is -2.38. The highest BCUT2D eigenvalue weighted by atomic mass is 35.5. The highest BCUT2D eigenvalue weighted by molar-refractivity contribution is 5.92. The van der Waals surface area contributed by atoms with Crippen molar-refractivity contribution >= 4 is 24.0 Å². The normalized spacial score (nSPS) is 18.6. The van der Waals surface area contributed by atoms with Gasteiger partial charge in [-0.2, -0.15) is 5.10 Å². The molecule has 0 spiro atoms. The summed E-state index contributed by atoms with van der Waals surface area (Å²) < 4.78 is 1.27. The van der Waals surface area contributed by atoms with Gasteiger partial charge < -0.3 is 10.6 Å². The molecule has 2 N–H and O–H groups in total. The second-order valence-corrected chi connectivity index (χ2v) is 6.80. The van der Waals surface area contributed by atoms with Crippen LogP contribution < -0.4 is 11.2 Å². The third-order valence-electron chi connectivity index (χ3n) is 4.87. The van der Waals surface area contributed by atoms with Crippen molar-refractivity contribution in [3.63, 3.8) is 0 Å². The minimum atomic E-state index is -0.523. The summed E-state index contributed by atoms with van der Waals surface area (Å²) in [5, 5.41) is 15.5. The molecule has 0 aliphatic carbocycles.